The molecule has 0 atom stereocenters. The molecule has 19 heavy (non-hydrogen) atoms. The maximum absolute atomic E-state index is 12.5. The van der Waals surface area contributed by atoms with Crippen LogP contribution in [0, 0.1) is 12.8 Å². The fraction of sp³-hybridized carbons (Fsp3) is 0.643. The summed E-state index contributed by atoms with van der Waals surface area (Å²) in [6, 6.07) is 0. The van der Waals surface area contributed by atoms with Crippen LogP contribution in [-0.2, 0) is 0 Å². The van der Waals surface area contributed by atoms with Crippen molar-refractivity contribution in [2.75, 3.05) is 26.2 Å². The second-order valence-corrected chi connectivity index (χ2v) is 6.36. The predicted octanol–water partition coefficient (Wildman–Crippen LogP) is 3.17. The third-order valence-electron chi connectivity index (χ3n) is 3.70. The smallest absolute Gasteiger partial charge is 0.265 e. The zero-order valence-electron chi connectivity index (χ0n) is 11.5. The van der Waals surface area contributed by atoms with E-state index in [1.807, 2.05) is 24.1 Å². The Bertz CT molecular complexity index is 441. The van der Waals surface area contributed by atoms with Gasteiger partial charge in [0.25, 0.3) is 5.91 Å². The van der Waals surface area contributed by atoms with Crippen LogP contribution in [0.1, 0.15) is 35.0 Å². The van der Waals surface area contributed by atoms with E-state index in [4.69, 9.17) is 11.6 Å². The first-order valence-corrected chi connectivity index (χ1v) is 8.12. The number of hydrogen-bond donors (Lipinski definition) is 1. The molecule has 0 unspecified atom stereocenters. The second-order valence-electron chi connectivity index (χ2n) is 5.10. The van der Waals surface area contributed by atoms with Gasteiger partial charge in [-0.05, 0) is 56.6 Å². The minimum Gasteiger partial charge on any atom is -0.338 e. The average molecular weight is 301 g/mol. The van der Waals surface area contributed by atoms with Gasteiger partial charge in [-0.1, -0.05) is 11.6 Å². The van der Waals surface area contributed by atoms with Crippen LogP contribution in [0.3, 0.4) is 0 Å². The maximum atomic E-state index is 12.5. The van der Waals surface area contributed by atoms with Crippen LogP contribution in [0.5, 0.6) is 0 Å². The first-order chi connectivity index (χ1) is 9.13. The van der Waals surface area contributed by atoms with Gasteiger partial charge in [0.05, 0.1) is 5.02 Å². The molecule has 0 aromatic carbocycles. The minimum atomic E-state index is 0.0872. The van der Waals surface area contributed by atoms with Gasteiger partial charge in [-0.25, -0.2) is 0 Å². The Kier molecular flexibility index (Phi) is 5.25. The maximum Gasteiger partial charge on any atom is 0.265 e. The number of amides is 1. The minimum absolute atomic E-state index is 0.0872. The van der Waals surface area contributed by atoms with E-state index in [1.165, 1.54) is 11.3 Å². The van der Waals surface area contributed by atoms with Crippen molar-refractivity contribution in [2.24, 2.45) is 5.92 Å². The SMILES string of the molecule is CCN(CC1CCNCC1)C(=O)c1scc(C)c1Cl. The van der Waals surface area contributed by atoms with Gasteiger partial charge in [0.2, 0.25) is 0 Å². The molecule has 1 aromatic rings. The van der Waals surface area contributed by atoms with Crippen molar-refractivity contribution in [3.63, 3.8) is 0 Å². The highest BCUT2D eigenvalue weighted by Gasteiger charge is 2.23. The first kappa shape index (κ1) is 14.8. The summed E-state index contributed by atoms with van der Waals surface area (Å²) in [5.74, 6) is 0.703. The number of nitrogens with one attached hydrogen (secondary N) is 1. The molecule has 1 amide bonds. The zero-order valence-corrected chi connectivity index (χ0v) is 13.1. The number of carbonyl (C=O) groups is 1. The van der Waals surface area contributed by atoms with Crippen LogP contribution in [0.25, 0.3) is 0 Å². The lowest BCUT2D eigenvalue weighted by molar-refractivity contribution is 0.0732. The summed E-state index contributed by atoms with van der Waals surface area (Å²) in [4.78, 5) is 15.1. The number of carbonyl (C=O) groups excluding carboxylic acids is 1. The van der Waals surface area contributed by atoms with Gasteiger partial charge in [-0.3, -0.25) is 4.79 Å². The number of hydrogen-bond acceptors (Lipinski definition) is 3. The Morgan fingerprint density at radius 3 is 2.74 bits per heavy atom. The van der Waals surface area contributed by atoms with E-state index in [9.17, 15) is 4.79 Å². The summed E-state index contributed by atoms with van der Waals surface area (Å²) in [5.41, 5.74) is 0.993. The summed E-state index contributed by atoms with van der Waals surface area (Å²) < 4.78 is 0. The Morgan fingerprint density at radius 1 is 1.53 bits per heavy atom. The van der Waals surface area contributed by atoms with Gasteiger partial charge in [-0.2, -0.15) is 0 Å². The van der Waals surface area contributed by atoms with Crippen LogP contribution in [0.2, 0.25) is 5.02 Å². The molecule has 1 fully saturated rings. The summed E-state index contributed by atoms with van der Waals surface area (Å²) in [6.45, 7) is 7.71. The van der Waals surface area contributed by atoms with Crippen LogP contribution >= 0.6 is 22.9 Å². The summed E-state index contributed by atoms with van der Waals surface area (Å²) in [7, 11) is 0. The molecule has 0 bridgehead atoms. The Balaban J connectivity index is 2.04. The quantitative estimate of drug-likeness (QED) is 0.926. The molecule has 0 aliphatic carbocycles. The van der Waals surface area contributed by atoms with E-state index in [2.05, 4.69) is 5.32 Å². The molecule has 2 heterocycles. The number of rotatable bonds is 4. The van der Waals surface area contributed by atoms with E-state index < -0.39 is 0 Å². The van der Waals surface area contributed by atoms with Crippen LogP contribution in [0.15, 0.2) is 5.38 Å². The molecule has 2 rings (SSSR count). The number of halogens is 1. The number of piperidine rings is 1. The highest BCUT2D eigenvalue weighted by Crippen LogP contribution is 2.28. The lowest BCUT2D eigenvalue weighted by Gasteiger charge is -2.29. The highest BCUT2D eigenvalue weighted by atomic mass is 35.5. The molecular weight excluding hydrogens is 280 g/mol. The van der Waals surface area contributed by atoms with Crippen molar-refractivity contribution in [1.29, 1.82) is 0 Å². The molecule has 3 nitrogen and oxygen atoms in total. The van der Waals surface area contributed by atoms with Crippen LogP contribution in [0.4, 0.5) is 0 Å². The normalized spacial score (nSPS) is 16.6. The molecule has 5 heteroatoms. The van der Waals surface area contributed by atoms with Crippen molar-refractivity contribution in [3.05, 3.63) is 20.8 Å². The van der Waals surface area contributed by atoms with Gasteiger partial charge in [-0.15, -0.1) is 11.3 Å². The first-order valence-electron chi connectivity index (χ1n) is 6.87. The second kappa shape index (κ2) is 6.73. The largest absolute Gasteiger partial charge is 0.338 e. The Labute approximate surface area is 123 Å². The predicted molar refractivity (Wildman–Crippen MR) is 81.2 cm³/mol. The lowest BCUT2D eigenvalue weighted by atomic mass is 9.97. The van der Waals surface area contributed by atoms with E-state index in [0.29, 0.717) is 15.8 Å². The van der Waals surface area contributed by atoms with E-state index in [-0.39, 0.29) is 5.91 Å². The number of thiophene rings is 1. The van der Waals surface area contributed by atoms with Gasteiger partial charge < -0.3 is 10.2 Å². The van der Waals surface area contributed by atoms with E-state index in [0.717, 1.165) is 44.6 Å². The molecule has 0 radical (unpaired) electrons. The summed E-state index contributed by atoms with van der Waals surface area (Å²) in [6.07, 6.45) is 2.31. The fourth-order valence-corrected chi connectivity index (χ4v) is 3.69. The average Bonchev–Trinajstić information content (AvgIpc) is 2.77. The summed E-state index contributed by atoms with van der Waals surface area (Å²) in [5, 5.41) is 5.93. The monoisotopic (exact) mass is 300 g/mol. The number of nitrogens with zero attached hydrogens (tertiary/aromatic N) is 1. The van der Waals surface area contributed by atoms with Gasteiger partial charge in [0, 0.05) is 13.1 Å². The van der Waals surface area contributed by atoms with Crippen molar-refractivity contribution in [2.45, 2.75) is 26.7 Å². The molecule has 1 aromatic heterocycles. The Morgan fingerprint density at radius 2 is 2.21 bits per heavy atom. The Hall–Kier alpha value is -0.580. The van der Waals surface area contributed by atoms with Crippen molar-refractivity contribution < 1.29 is 4.79 Å². The molecule has 0 spiro atoms. The van der Waals surface area contributed by atoms with Crippen LogP contribution in [-0.4, -0.2) is 37.0 Å². The van der Waals surface area contributed by atoms with Gasteiger partial charge >= 0.3 is 0 Å². The van der Waals surface area contributed by atoms with Crippen molar-refractivity contribution in [3.8, 4) is 0 Å². The van der Waals surface area contributed by atoms with Gasteiger partial charge in [0.1, 0.15) is 4.88 Å². The fourth-order valence-electron chi connectivity index (χ4n) is 2.45. The molecule has 1 aliphatic rings. The summed E-state index contributed by atoms with van der Waals surface area (Å²) >= 11 is 7.65. The topological polar surface area (TPSA) is 32.3 Å². The molecule has 1 N–H and O–H groups in total. The standard InChI is InChI=1S/C14H21ClN2OS/c1-3-17(8-11-4-6-16-7-5-11)14(18)13-12(15)10(2)9-19-13/h9,11,16H,3-8H2,1-2H3. The van der Waals surface area contributed by atoms with Gasteiger partial charge in [0.15, 0.2) is 0 Å². The highest BCUT2D eigenvalue weighted by molar-refractivity contribution is 7.13. The van der Waals surface area contributed by atoms with Crippen molar-refractivity contribution >= 4 is 28.8 Å². The zero-order chi connectivity index (χ0) is 13.8. The van der Waals surface area contributed by atoms with E-state index >= 15 is 0 Å². The molecule has 106 valence electrons. The van der Waals surface area contributed by atoms with Crippen LogP contribution < -0.4 is 5.32 Å². The van der Waals surface area contributed by atoms with Crippen molar-refractivity contribution in [1.82, 2.24) is 10.2 Å². The molecular formula is C14H21ClN2OS. The lowest BCUT2D eigenvalue weighted by Crippen LogP contribution is -2.39. The third kappa shape index (κ3) is 3.50. The molecule has 0 saturated carbocycles. The third-order valence-corrected chi connectivity index (χ3v) is 5.38. The molecule has 1 aliphatic heterocycles. The molecule has 1 saturated heterocycles. The van der Waals surface area contributed by atoms with E-state index in [1.54, 1.807) is 0 Å². The number of aryl methyl sites for hydroxylation is 1.